The van der Waals surface area contributed by atoms with Crippen molar-refractivity contribution in [3.8, 4) is 22.8 Å². The molecule has 0 saturated heterocycles. The maximum absolute atomic E-state index is 12.8. The lowest BCUT2D eigenvalue weighted by Gasteiger charge is -2.26. The Morgan fingerprint density at radius 1 is 1.17 bits per heavy atom. The van der Waals surface area contributed by atoms with Gasteiger partial charge in [-0.1, -0.05) is 12.1 Å². The topological polar surface area (TPSA) is 99.4 Å². The van der Waals surface area contributed by atoms with E-state index in [1.807, 2.05) is 48.5 Å². The Morgan fingerprint density at radius 3 is 2.87 bits per heavy atom. The van der Waals surface area contributed by atoms with Gasteiger partial charge in [-0.3, -0.25) is 9.78 Å². The molecule has 7 nitrogen and oxygen atoms in total. The van der Waals surface area contributed by atoms with E-state index in [0.29, 0.717) is 40.0 Å². The largest absolute Gasteiger partial charge is 0.486 e. The molecule has 3 N–H and O–H groups in total. The molecule has 0 saturated carbocycles. The lowest BCUT2D eigenvalue weighted by atomic mass is 10.1. The molecule has 0 fully saturated rings. The molecule has 0 bridgehead atoms. The van der Waals surface area contributed by atoms with Crippen LogP contribution in [0.4, 0.5) is 5.69 Å². The minimum atomic E-state index is -0.269. The highest BCUT2D eigenvalue weighted by Crippen LogP contribution is 2.34. The molecule has 0 radical (unpaired) electrons. The molecular weight excluding hydrogens is 400 g/mol. The molecule has 0 aliphatic carbocycles. The number of carbonyl (C=O) groups excluding carboxylic acids is 1. The van der Waals surface area contributed by atoms with Crippen LogP contribution in [-0.4, -0.2) is 35.1 Å². The van der Waals surface area contributed by atoms with Crippen molar-refractivity contribution in [3.05, 3.63) is 65.8 Å². The van der Waals surface area contributed by atoms with Gasteiger partial charge in [0.05, 0.1) is 17.9 Å². The fourth-order valence-electron chi connectivity index (χ4n) is 3.29. The Labute approximate surface area is 176 Å². The minimum absolute atomic E-state index is 0.249. The molecule has 150 valence electrons. The second-order valence-electron chi connectivity index (χ2n) is 6.84. The highest BCUT2D eigenvalue weighted by Gasteiger charge is 2.23. The number of para-hydroxylation sites is 2. The van der Waals surface area contributed by atoms with Crippen molar-refractivity contribution in [1.82, 2.24) is 15.3 Å². The summed E-state index contributed by atoms with van der Waals surface area (Å²) in [5, 5.41) is 3.66. The Bertz CT molecular complexity index is 1230. The Kier molecular flexibility index (Phi) is 4.68. The molecule has 0 spiro atoms. The number of fused-ring (bicyclic) bond motifs is 2. The van der Waals surface area contributed by atoms with Crippen molar-refractivity contribution in [2.24, 2.45) is 0 Å². The van der Waals surface area contributed by atoms with Crippen LogP contribution in [0.5, 0.6) is 11.5 Å². The first kappa shape index (κ1) is 18.4. The maximum atomic E-state index is 12.8. The quantitative estimate of drug-likeness (QED) is 0.526. The third-order valence-corrected chi connectivity index (χ3v) is 5.93. The molecule has 1 aromatic carbocycles. The predicted octanol–water partition coefficient (Wildman–Crippen LogP) is 3.51. The zero-order chi connectivity index (χ0) is 20.5. The number of rotatable bonds is 4. The van der Waals surface area contributed by atoms with E-state index in [-0.39, 0.29) is 12.0 Å². The van der Waals surface area contributed by atoms with Gasteiger partial charge in [0.2, 0.25) is 0 Å². The number of nitrogens with zero attached hydrogens (tertiary/aromatic N) is 2. The number of nitrogens with two attached hydrogens (primary N) is 1. The van der Waals surface area contributed by atoms with Gasteiger partial charge in [0.15, 0.2) is 11.5 Å². The number of anilines is 1. The summed E-state index contributed by atoms with van der Waals surface area (Å²) in [4.78, 5) is 22.7. The van der Waals surface area contributed by atoms with Gasteiger partial charge in [0.1, 0.15) is 22.4 Å². The average Bonchev–Trinajstić information content (AvgIpc) is 3.14. The zero-order valence-electron chi connectivity index (χ0n) is 15.9. The van der Waals surface area contributed by atoms with E-state index in [4.69, 9.17) is 15.2 Å². The van der Waals surface area contributed by atoms with Gasteiger partial charge in [0, 0.05) is 23.3 Å². The number of pyridine rings is 2. The molecule has 1 aliphatic heterocycles. The predicted molar refractivity (Wildman–Crippen MR) is 116 cm³/mol. The Hall–Kier alpha value is -3.65. The summed E-state index contributed by atoms with van der Waals surface area (Å²) >= 11 is 1.28. The minimum Gasteiger partial charge on any atom is -0.486 e. The normalized spacial score (nSPS) is 15.1. The number of carbonyl (C=O) groups is 1. The highest BCUT2D eigenvalue weighted by molar-refractivity contribution is 7.21. The second-order valence-corrected chi connectivity index (χ2v) is 7.84. The van der Waals surface area contributed by atoms with Crippen molar-refractivity contribution < 1.29 is 14.3 Å². The van der Waals surface area contributed by atoms with Crippen molar-refractivity contribution >= 4 is 33.1 Å². The standard InChI is InChI=1S/C22H18N4O3S/c23-19-15-7-8-16(13-4-3-9-24-10-13)26-22(15)30-20(19)21(27)25-11-14-12-28-17-5-1-2-6-18(17)29-14/h1-10,14H,11-12,23H2,(H,25,27)/t14-/m1/s1. The SMILES string of the molecule is Nc1c(C(=O)NC[C@@H]2COc3ccccc3O2)sc2nc(-c3cccnc3)ccc12. The van der Waals surface area contributed by atoms with Crippen LogP contribution < -0.4 is 20.5 Å². The van der Waals surface area contributed by atoms with Crippen LogP contribution in [0.1, 0.15) is 9.67 Å². The lowest BCUT2D eigenvalue weighted by molar-refractivity contribution is 0.0792. The van der Waals surface area contributed by atoms with Crippen LogP contribution in [0.15, 0.2) is 60.9 Å². The van der Waals surface area contributed by atoms with Gasteiger partial charge >= 0.3 is 0 Å². The van der Waals surface area contributed by atoms with Gasteiger partial charge in [-0.2, -0.15) is 0 Å². The fraction of sp³-hybridized carbons (Fsp3) is 0.136. The maximum Gasteiger partial charge on any atom is 0.263 e. The number of hydrogen-bond acceptors (Lipinski definition) is 7. The molecule has 4 aromatic rings. The van der Waals surface area contributed by atoms with E-state index in [2.05, 4.69) is 15.3 Å². The van der Waals surface area contributed by atoms with E-state index in [9.17, 15) is 4.79 Å². The summed E-state index contributed by atoms with van der Waals surface area (Å²) in [6.45, 7) is 0.685. The van der Waals surface area contributed by atoms with Crippen LogP contribution in [0.2, 0.25) is 0 Å². The number of benzene rings is 1. The number of thiophene rings is 1. The van der Waals surface area contributed by atoms with E-state index in [0.717, 1.165) is 16.6 Å². The number of ether oxygens (including phenoxy) is 2. The molecule has 1 atom stereocenters. The third-order valence-electron chi connectivity index (χ3n) is 4.82. The van der Waals surface area contributed by atoms with E-state index < -0.39 is 0 Å². The molecule has 3 aromatic heterocycles. The van der Waals surface area contributed by atoms with Gasteiger partial charge in [-0.25, -0.2) is 4.98 Å². The molecular formula is C22H18N4O3S. The zero-order valence-corrected chi connectivity index (χ0v) is 16.7. The summed E-state index contributed by atoms with van der Waals surface area (Å²) in [5.74, 6) is 1.14. The van der Waals surface area contributed by atoms with Crippen LogP contribution in [0, 0.1) is 0 Å². The molecule has 1 amide bonds. The van der Waals surface area contributed by atoms with Crippen LogP contribution >= 0.6 is 11.3 Å². The molecule has 4 heterocycles. The van der Waals surface area contributed by atoms with E-state index in [1.165, 1.54) is 11.3 Å². The van der Waals surface area contributed by atoms with Crippen molar-refractivity contribution in [2.45, 2.75) is 6.10 Å². The molecule has 30 heavy (non-hydrogen) atoms. The molecule has 8 heteroatoms. The molecule has 1 aliphatic rings. The lowest BCUT2D eigenvalue weighted by Crippen LogP contribution is -2.40. The first-order chi connectivity index (χ1) is 14.7. The molecule has 5 rings (SSSR count). The van der Waals surface area contributed by atoms with Gasteiger partial charge in [-0.05, 0) is 36.4 Å². The number of nitrogen functional groups attached to an aromatic ring is 1. The molecule has 0 unspecified atom stereocenters. The number of amides is 1. The van der Waals surface area contributed by atoms with Crippen LogP contribution in [0.25, 0.3) is 21.5 Å². The van der Waals surface area contributed by atoms with Gasteiger partial charge in [-0.15, -0.1) is 11.3 Å². The summed E-state index contributed by atoms with van der Waals surface area (Å²) in [5.41, 5.74) is 8.37. The summed E-state index contributed by atoms with van der Waals surface area (Å²) in [7, 11) is 0. The second kappa shape index (κ2) is 7.64. The first-order valence-electron chi connectivity index (χ1n) is 9.45. The Balaban J connectivity index is 1.32. The van der Waals surface area contributed by atoms with Crippen molar-refractivity contribution in [2.75, 3.05) is 18.9 Å². The Morgan fingerprint density at radius 2 is 2.03 bits per heavy atom. The first-order valence-corrected chi connectivity index (χ1v) is 10.3. The van der Waals surface area contributed by atoms with Crippen molar-refractivity contribution in [3.63, 3.8) is 0 Å². The smallest absolute Gasteiger partial charge is 0.263 e. The van der Waals surface area contributed by atoms with Crippen LogP contribution in [-0.2, 0) is 0 Å². The highest BCUT2D eigenvalue weighted by atomic mass is 32.1. The number of hydrogen-bond donors (Lipinski definition) is 2. The van der Waals surface area contributed by atoms with Crippen molar-refractivity contribution in [1.29, 1.82) is 0 Å². The number of aromatic nitrogens is 2. The average molecular weight is 418 g/mol. The number of nitrogens with one attached hydrogen (secondary N) is 1. The summed E-state index contributed by atoms with van der Waals surface area (Å²) < 4.78 is 11.6. The van der Waals surface area contributed by atoms with Crippen LogP contribution in [0.3, 0.4) is 0 Å². The fourth-order valence-corrected chi connectivity index (χ4v) is 4.30. The monoisotopic (exact) mass is 418 g/mol. The van der Waals surface area contributed by atoms with Gasteiger partial charge in [0.25, 0.3) is 5.91 Å². The summed E-state index contributed by atoms with van der Waals surface area (Å²) in [6.07, 6.45) is 3.20. The summed E-state index contributed by atoms with van der Waals surface area (Å²) in [6, 6.07) is 15.1. The third kappa shape index (κ3) is 3.42. The van der Waals surface area contributed by atoms with E-state index >= 15 is 0 Å². The van der Waals surface area contributed by atoms with E-state index in [1.54, 1.807) is 12.4 Å². The van der Waals surface area contributed by atoms with Gasteiger partial charge < -0.3 is 20.5 Å².